The molecule has 6 heteroatoms. The van der Waals surface area contributed by atoms with Gasteiger partial charge in [-0.3, -0.25) is 0 Å². The highest BCUT2D eigenvalue weighted by atomic mass is 35.5. The smallest absolute Gasteiger partial charge is 0.229 e. The summed E-state index contributed by atoms with van der Waals surface area (Å²) in [6.07, 6.45) is 0.923. The van der Waals surface area contributed by atoms with Crippen LogP contribution in [0.3, 0.4) is 0 Å². The zero-order chi connectivity index (χ0) is 17.6. The quantitative estimate of drug-likeness (QED) is 0.600. The molecular formula is C19H18Cl2N4. The lowest BCUT2D eigenvalue weighted by molar-refractivity contribution is 0.995. The molecule has 3 aromatic rings. The van der Waals surface area contributed by atoms with Gasteiger partial charge in [0.25, 0.3) is 0 Å². The lowest BCUT2D eigenvalue weighted by atomic mass is 10.1. The van der Waals surface area contributed by atoms with E-state index in [0.29, 0.717) is 21.7 Å². The van der Waals surface area contributed by atoms with Crippen molar-refractivity contribution in [2.45, 2.75) is 13.3 Å². The number of hydrogen-bond donors (Lipinski definition) is 2. The summed E-state index contributed by atoms with van der Waals surface area (Å²) in [5.41, 5.74) is 2.82. The Labute approximate surface area is 157 Å². The molecule has 0 aliphatic heterocycles. The molecule has 128 valence electrons. The van der Waals surface area contributed by atoms with Gasteiger partial charge in [-0.25, -0.2) is 4.98 Å². The number of aryl methyl sites for hydroxylation is 1. The Hall–Kier alpha value is -2.30. The fraction of sp³-hybridized carbons (Fsp3) is 0.158. The molecule has 2 aromatic carbocycles. The lowest BCUT2D eigenvalue weighted by Crippen LogP contribution is -2.08. The third-order valence-electron chi connectivity index (χ3n) is 3.59. The molecule has 0 bridgehead atoms. The minimum absolute atomic E-state index is 0.478. The molecule has 0 atom stereocenters. The first-order valence-electron chi connectivity index (χ1n) is 7.96. The van der Waals surface area contributed by atoms with Gasteiger partial charge in [-0.1, -0.05) is 53.5 Å². The molecule has 1 aromatic heterocycles. The highest BCUT2D eigenvalue weighted by Gasteiger charge is 2.06. The largest absolute Gasteiger partial charge is 0.370 e. The molecule has 3 rings (SSSR count). The maximum Gasteiger partial charge on any atom is 0.229 e. The standard InChI is InChI=1S/C19H18Cl2N4/c1-13-11-18(22-10-9-14-5-3-2-4-6-14)25-19(23-13)24-17-12-15(20)7-8-16(17)21/h2-8,11-12H,9-10H2,1H3,(H2,22,23,24,25). The molecule has 4 nitrogen and oxygen atoms in total. The summed E-state index contributed by atoms with van der Waals surface area (Å²) in [4.78, 5) is 8.90. The predicted molar refractivity (Wildman–Crippen MR) is 105 cm³/mol. The highest BCUT2D eigenvalue weighted by Crippen LogP contribution is 2.27. The van der Waals surface area contributed by atoms with E-state index in [-0.39, 0.29) is 0 Å². The van der Waals surface area contributed by atoms with E-state index >= 15 is 0 Å². The van der Waals surface area contributed by atoms with Gasteiger partial charge in [0.2, 0.25) is 5.95 Å². The highest BCUT2D eigenvalue weighted by molar-refractivity contribution is 6.35. The van der Waals surface area contributed by atoms with Gasteiger partial charge in [-0.15, -0.1) is 0 Å². The molecule has 0 aliphatic rings. The molecular weight excluding hydrogens is 355 g/mol. The van der Waals surface area contributed by atoms with E-state index in [0.717, 1.165) is 24.5 Å². The lowest BCUT2D eigenvalue weighted by Gasteiger charge is -2.11. The topological polar surface area (TPSA) is 49.8 Å². The molecule has 0 saturated heterocycles. The maximum absolute atomic E-state index is 6.18. The first-order chi connectivity index (χ1) is 12.1. The van der Waals surface area contributed by atoms with Crippen molar-refractivity contribution < 1.29 is 0 Å². The Kier molecular flexibility index (Phi) is 5.74. The number of nitrogens with one attached hydrogen (secondary N) is 2. The van der Waals surface area contributed by atoms with Crippen molar-refractivity contribution in [2.75, 3.05) is 17.2 Å². The summed E-state index contributed by atoms with van der Waals surface area (Å²) < 4.78 is 0. The number of nitrogens with zero attached hydrogens (tertiary/aromatic N) is 2. The number of halogens is 2. The minimum Gasteiger partial charge on any atom is -0.370 e. The second-order valence-corrected chi connectivity index (χ2v) is 6.47. The van der Waals surface area contributed by atoms with Gasteiger partial charge < -0.3 is 10.6 Å². The summed E-state index contributed by atoms with van der Waals surface area (Å²) in [6.45, 7) is 2.71. The van der Waals surface area contributed by atoms with Crippen LogP contribution in [0, 0.1) is 6.92 Å². The summed E-state index contributed by atoms with van der Waals surface area (Å²) in [7, 11) is 0. The van der Waals surface area contributed by atoms with Crippen LogP contribution in [0.25, 0.3) is 0 Å². The molecule has 2 N–H and O–H groups in total. The van der Waals surface area contributed by atoms with Crippen molar-refractivity contribution in [1.29, 1.82) is 0 Å². The molecule has 0 aliphatic carbocycles. The normalized spacial score (nSPS) is 10.5. The third kappa shape index (κ3) is 5.08. The average Bonchev–Trinajstić information content (AvgIpc) is 2.59. The average molecular weight is 373 g/mol. The zero-order valence-corrected chi connectivity index (χ0v) is 15.3. The number of benzene rings is 2. The second kappa shape index (κ2) is 8.19. The molecule has 0 amide bonds. The number of anilines is 3. The van der Waals surface area contributed by atoms with Crippen molar-refractivity contribution >= 4 is 40.7 Å². The Bertz CT molecular complexity index is 853. The monoisotopic (exact) mass is 372 g/mol. The van der Waals surface area contributed by atoms with Gasteiger partial charge in [0.1, 0.15) is 5.82 Å². The van der Waals surface area contributed by atoms with Gasteiger partial charge in [0, 0.05) is 23.3 Å². The van der Waals surface area contributed by atoms with Gasteiger partial charge in [-0.2, -0.15) is 4.98 Å². The first-order valence-corrected chi connectivity index (χ1v) is 8.71. The van der Waals surface area contributed by atoms with Crippen molar-refractivity contribution in [1.82, 2.24) is 9.97 Å². The van der Waals surface area contributed by atoms with Crippen molar-refractivity contribution in [2.24, 2.45) is 0 Å². The van der Waals surface area contributed by atoms with Crippen LogP contribution >= 0.6 is 23.2 Å². The molecule has 0 spiro atoms. The van der Waals surface area contributed by atoms with E-state index in [2.05, 4.69) is 32.7 Å². The number of aromatic nitrogens is 2. The van der Waals surface area contributed by atoms with Gasteiger partial charge in [-0.05, 0) is 37.1 Å². The summed E-state index contributed by atoms with van der Waals surface area (Å²) >= 11 is 12.2. The van der Waals surface area contributed by atoms with Crippen LogP contribution in [0.15, 0.2) is 54.6 Å². The van der Waals surface area contributed by atoms with Gasteiger partial charge in [0.05, 0.1) is 10.7 Å². The third-order valence-corrected chi connectivity index (χ3v) is 4.16. The fourth-order valence-corrected chi connectivity index (χ4v) is 2.75. The van der Waals surface area contributed by atoms with Crippen LogP contribution in [0.5, 0.6) is 0 Å². The van der Waals surface area contributed by atoms with E-state index < -0.39 is 0 Å². The van der Waals surface area contributed by atoms with E-state index in [1.807, 2.05) is 31.2 Å². The SMILES string of the molecule is Cc1cc(NCCc2ccccc2)nc(Nc2cc(Cl)ccc2Cl)n1. The van der Waals surface area contributed by atoms with Crippen LogP contribution in [0.1, 0.15) is 11.3 Å². The Balaban J connectivity index is 1.68. The van der Waals surface area contributed by atoms with Crippen LogP contribution in [0.2, 0.25) is 10.0 Å². The van der Waals surface area contributed by atoms with E-state index in [1.165, 1.54) is 5.56 Å². The van der Waals surface area contributed by atoms with Gasteiger partial charge in [0.15, 0.2) is 0 Å². The van der Waals surface area contributed by atoms with E-state index in [1.54, 1.807) is 18.2 Å². The molecule has 0 unspecified atom stereocenters. The summed E-state index contributed by atoms with van der Waals surface area (Å²) in [5, 5.41) is 7.62. The Morgan fingerprint density at radius 2 is 1.76 bits per heavy atom. The second-order valence-electron chi connectivity index (χ2n) is 5.63. The van der Waals surface area contributed by atoms with Crippen molar-refractivity contribution in [3.05, 3.63) is 75.9 Å². The summed E-state index contributed by atoms with van der Waals surface area (Å²) in [5.74, 6) is 1.25. The predicted octanol–water partition coefficient (Wildman–Crippen LogP) is 5.49. The van der Waals surface area contributed by atoms with Gasteiger partial charge >= 0.3 is 0 Å². The minimum atomic E-state index is 0.478. The van der Waals surface area contributed by atoms with Crippen LogP contribution < -0.4 is 10.6 Å². The van der Waals surface area contributed by atoms with Crippen LogP contribution in [-0.4, -0.2) is 16.5 Å². The van der Waals surface area contributed by atoms with Crippen LogP contribution in [0.4, 0.5) is 17.5 Å². The fourth-order valence-electron chi connectivity index (χ4n) is 2.41. The Morgan fingerprint density at radius 3 is 2.56 bits per heavy atom. The van der Waals surface area contributed by atoms with Crippen molar-refractivity contribution in [3.8, 4) is 0 Å². The zero-order valence-electron chi connectivity index (χ0n) is 13.8. The van der Waals surface area contributed by atoms with Crippen LogP contribution in [-0.2, 0) is 6.42 Å². The molecule has 0 saturated carbocycles. The first kappa shape index (κ1) is 17.5. The number of rotatable bonds is 6. The van der Waals surface area contributed by atoms with Crippen molar-refractivity contribution in [3.63, 3.8) is 0 Å². The molecule has 25 heavy (non-hydrogen) atoms. The van der Waals surface area contributed by atoms with E-state index in [4.69, 9.17) is 23.2 Å². The Morgan fingerprint density at radius 1 is 0.960 bits per heavy atom. The van der Waals surface area contributed by atoms with E-state index in [9.17, 15) is 0 Å². The molecule has 1 heterocycles. The maximum atomic E-state index is 6.18. The molecule has 0 radical (unpaired) electrons. The summed E-state index contributed by atoms with van der Waals surface area (Å²) in [6, 6.07) is 17.5. The molecule has 0 fully saturated rings. The number of hydrogen-bond acceptors (Lipinski definition) is 4.